The van der Waals surface area contributed by atoms with Crippen LogP contribution < -0.4 is 0 Å². The van der Waals surface area contributed by atoms with Crippen LogP contribution in [0.15, 0.2) is 18.2 Å². The molecule has 0 bridgehead atoms. The van der Waals surface area contributed by atoms with E-state index in [4.69, 9.17) is 0 Å². The Morgan fingerprint density at radius 3 is 2.83 bits per heavy atom. The van der Waals surface area contributed by atoms with E-state index in [1.807, 2.05) is 0 Å². The van der Waals surface area contributed by atoms with Gasteiger partial charge in [-0.05, 0) is 6.42 Å². The number of rotatable bonds is 2. The maximum absolute atomic E-state index is 12.8. The summed E-state index contributed by atoms with van der Waals surface area (Å²) in [5, 5.41) is 0. The molecule has 1 aromatic rings. The zero-order valence-electron chi connectivity index (χ0n) is 6.80. The topological polar surface area (TPSA) is 17.1 Å². The maximum atomic E-state index is 12.8. The second-order valence-corrected chi connectivity index (χ2v) is 2.18. The second kappa shape index (κ2) is 5.55. The normalized spacial score (nSPS) is 8.83. The Labute approximate surface area is 96.2 Å². The fraction of sp³-hybridized carbons (Fsp3) is 0.222. The number of ketones is 1. The third kappa shape index (κ3) is 2.76. The largest absolute Gasteiger partial charge is 0.309 e. The molecule has 0 aromatic heterocycles. The Morgan fingerprint density at radius 2 is 2.33 bits per heavy atom. The van der Waals surface area contributed by atoms with Gasteiger partial charge in [-0.1, -0.05) is 12.5 Å². The molecular formula is C9H8FOY-. The van der Waals surface area contributed by atoms with E-state index >= 15 is 0 Å². The number of benzene rings is 1. The summed E-state index contributed by atoms with van der Waals surface area (Å²) in [6.45, 7) is 1.70. The molecule has 0 heterocycles. The van der Waals surface area contributed by atoms with Gasteiger partial charge in [0.15, 0.2) is 0 Å². The summed E-state index contributed by atoms with van der Waals surface area (Å²) >= 11 is 0. The van der Waals surface area contributed by atoms with Gasteiger partial charge in [0.25, 0.3) is 0 Å². The molecule has 0 unspecified atom stereocenters. The smallest absolute Gasteiger partial charge is 0.111 e. The summed E-state index contributed by atoms with van der Waals surface area (Å²) in [5.74, 6) is -0.644. The first-order chi connectivity index (χ1) is 5.25. The Bertz CT molecular complexity index is 273. The van der Waals surface area contributed by atoms with Crippen LogP contribution in [0, 0.1) is 11.9 Å². The molecule has 12 heavy (non-hydrogen) atoms. The van der Waals surface area contributed by atoms with Gasteiger partial charge in [-0.15, -0.1) is 6.07 Å². The third-order valence-electron chi connectivity index (χ3n) is 1.43. The van der Waals surface area contributed by atoms with E-state index in [2.05, 4.69) is 6.07 Å². The van der Waals surface area contributed by atoms with Crippen LogP contribution in [0.2, 0.25) is 0 Å². The SMILES string of the molecule is CCC(=O)c1c[c-]ccc1F.[Y]. The van der Waals surface area contributed by atoms with Crippen molar-refractivity contribution in [2.45, 2.75) is 13.3 Å². The quantitative estimate of drug-likeness (QED) is 0.572. The Morgan fingerprint density at radius 1 is 1.67 bits per heavy atom. The predicted octanol–water partition coefficient (Wildman–Crippen LogP) is 2.22. The van der Waals surface area contributed by atoms with E-state index in [-0.39, 0.29) is 44.1 Å². The minimum Gasteiger partial charge on any atom is -0.309 e. The molecule has 1 radical (unpaired) electrons. The van der Waals surface area contributed by atoms with Gasteiger partial charge in [0.05, 0.1) is 0 Å². The van der Waals surface area contributed by atoms with E-state index < -0.39 is 5.82 Å². The van der Waals surface area contributed by atoms with Crippen molar-refractivity contribution in [1.82, 2.24) is 0 Å². The molecule has 1 nitrogen and oxygen atoms in total. The number of carbonyl (C=O) groups excluding carboxylic acids is 1. The first-order valence-corrected chi connectivity index (χ1v) is 3.44. The number of hydrogen-bond donors (Lipinski definition) is 0. The van der Waals surface area contributed by atoms with Crippen LogP contribution in [0.5, 0.6) is 0 Å². The van der Waals surface area contributed by atoms with Gasteiger partial charge in [0.1, 0.15) is 5.78 Å². The number of hydrogen-bond acceptors (Lipinski definition) is 1. The first-order valence-electron chi connectivity index (χ1n) is 3.44. The van der Waals surface area contributed by atoms with E-state index in [1.165, 1.54) is 18.2 Å². The molecule has 0 aliphatic rings. The minimum atomic E-state index is -0.462. The first kappa shape index (κ1) is 11.9. The van der Waals surface area contributed by atoms with E-state index in [9.17, 15) is 9.18 Å². The summed E-state index contributed by atoms with van der Waals surface area (Å²) in [6.07, 6.45) is 0.328. The van der Waals surface area contributed by atoms with E-state index in [0.29, 0.717) is 6.42 Å². The molecule has 1 aromatic carbocycles. The van der Waals surface area contributed by atoms with Crippen molar-refractivity contribution < 1.29 is 41.9 Å². The van der Waals surface area contributed by atoms with Gasteiger partial charge in [0.2, 0.25) is 0 Å². The average Bonchev–Trinajstić information content (AvgIpc) is 2.04. The molecule has 0 amide bonds. The van der Waals surface area contributed by atoms with Crippen LogP contribution in [0.3, 0.4) is 0 Å². The molecule has 0 spiro atoms. The summed E-state index contributed by atoms with van der Waals surface area (Å²) in [5.41, 5.74) is 0.134. The Hall–Kier alpha value is -0.0761. The zero-order chi connectivity index (χ0) is 8.27. The van der Waals surface area contributed by atoms with Crippen LogP contribution in [-0.2, 0) is 32.7 Å². The molecule has 61 valence electrons. The molecule has 0 N–H and O–H groups in total. The summed E-state index contributed by atoms with van der Waals surface area (Å²) < 4.78 is 12.8. The standard InChI is InChI=1S/C9H8FO.Y/c1-2-9(11)7-5-3-4-6-8(7)10;/h4-6H,2H2,1H3;/q-1;. The van der Waals surface area contributed by atoms with Crippen molar-refractivity contribution in [1.29, 1.82) is 0 Å². The summed E-state index contributed by atoms with van der Waals surface area (Å²) in [7, 11) is 0. The fourth-order valence-corrected chi connectivity index (χ4v) is 0.816. The van der Waals surface area contributed by atoms with E-state index in [0.717, 1.165) is 0 Å². The van der Waals surface area contributed by atoms with Crippen LogP contribution in [0.1, 0.15) is 23.7 Å². The fourth-order valence-electron chi connectivity index (χ4n) is 0.816. The van der Waals surface area contributed by atoms with Gasteiger partial charge in [-0.2, -0.15) is 18.2 Å². The van der Waals surface area contributed by atoms with Crippen LogP contribution in [-0.4, -0.2) is 5.78 Å². The van der Waals surface area contributed by atoms with Crippen molar-refractivity contribution in [3.63, 3.8) is 0 Å². The zero-order valence-corrected chi connectivity index (χ0v) is 9.64. The van der Waals surface area contributed by atoms with Crippen molar-refractivity contribution in [3.8, 4) is 0 Å². The minimum absolute atomic E-state index is 0. The summed E-state index contributed by atoms with van der Waals surface area (Å²) in [4.78, 5) is 11.0. The molecule has 0 aliphatic heterocycles. The van der Waals surface area contributed by atoms with Crippen LogP contribution in [0.4, 0.5) is 4.39 Å². The maximum Gasteiger partial charge on any atom is 0.111 e. The van der Waals surface area contributed by atoms with Crippen molar-refractivity contribution in [2.75, 3.05) is 0 Å². The molecule has 0 aliphatic carbocycles. The van der Waals surface area contributed by atoms with Crippen molar-refractivity contribution >= 4 is 5.78 Å². The number of carbonyl (C=O) groups is 1. The van der Waals surface area contributed by atoms with Crippen molar-refractivity contribution in [3.05, 3.63) is 35.6 Å². The van der Waals surface area contributed by atoms with Crippen LogP contribution >= 0.6 is 0 Å². The number of halogens is 1. The average molecular weight is 240 g/mol. The molecule has 3 heteroatoms. The van der Waals surface area contributed by atoms with Crippen molar-refractivity contribution in [2.24, 2.45) is 0 Å². The molecule has 1 rings (SSSR count). The van der Waals surface area contributed by atoms with Gasteiger partial charge < -0.3 is 4.79 Å². The molecule has 0 saturated carbocycles. The predicted molar refractivity (Wildman–Crippen MR) is 39.9 cm³/mol. The van der Waals surface area contributed by atoms with Crippen LogP contribution in [0.25, 0.3) is 0 Å². The van der Waals surface area contributed by atoms with E-state index in [1.54, 1.807) is 6.92 Å². The Kier molecular flexibility index (Phi) is 5.51. The second-order valence-electron chi connectivity index (χ2n) is 2.18. The Balaban J connectivity index is 0.00000121. The van der Waals surface area contributed by atoms with Gasteiger partial charge >= 0.3 is 0 Å². The van der Waals surface area contributed by atoms with Gasteiger partial charge in [-0.3, -0.25) is 0 Å². The monoisotopic (exact) mass is 240 g/mol. The molecular weight excluding hydrogens is 232 g/mol. The van der Waals surface area contributed by atoms with Gasteiger partial charge in [0, 0.05) is 38.5 Å². The molecule has 0 saturated heterocycles. The number of Topliss-reactive ketones (excluding diaryl/α,β-unsaturated/α-hetero) is 1. The summed E-state index contributed by atoms with van der Waals surface area (Å²) in [6, 6.07) is 6.72. The molecule has 0 atom stereocenters. The third-order valence-corrected chi connectivity index (χ3v) is 1.43. The molecule has 0 fully saturated rings. The van der Waals surface area contributed by atoms with Gasteiger partial charge in [-0.25, -0.2) is 4.39 Å².